The van der Waals surface area contributed by atoms with Gasteiger partial charge in [0.15, 0.2) is 0 Å². The summed E-state index contributed by atoms with van der Waals surface area (Å²) in [6.45, 7) is 15.3. The van der Waals surface area contributed by atoms with Crippen molar-refractivity contribution in [2.75, 3.05) is 13.2 Å². The Morgan fingerprint density at radius 1 is 0.667 bits per heavy atom. The van der Waals surface area contributed by atoms with Crippen LogP contribution in [-0.4, -0.2) is 35.4 Å². The van der Waals surface area contributed by atoms with E-state index in [2.05, 4.69) is 26.3 Å². The molecular weight excluding hydrogens is 456 g/mol. The van der Waals surface area contributed by atoms with Crippen molar-refractivity contribution in [3.63, 3.8) is 0 Å². The van der Waals surface area contributed by atoms with Gasteiger partial charge in [-0.15, -0.1) is 0 Å². The lowest BCUT2D eigenvalue weighted by Gasteiger charge is -2.16. The molecule has 0 bridgehead atoms. The van der Waals surface area contributed by atoms with E-state index in [9.17, 15) is 19.8 Å². The Bertz CT molecular complexity index is 956. The zero-order valence-corrected chi connectivity index (χ0v) is 20.8. The van der Waals surface area contributed by atoms with E-state index in [1.807, 2.05) is 36.4 Å². The third-order valence-corrected chi connectivity index (χ3v) is 5.44. The number of carboxylic acid groups (broad SMARTS) is 2. The first kappa shape index (κ1) is 30.0. The number of carbonyl (C=O) groups is 2. The average Bonchev–Trinajstić information content (AvgIpc) is 2.88. The average molecular weight is 493 g/mol. The second-order valence-corrected chi connectivity index (χ2v) is 7.75. The van der Waals surface area contributed by atoms with Gasteiger partial charge in [-0.3, -0.25) is 0 Å². The Morgan fingerprint density at radius 2 is 1.06 bits per heavy atom. The molecule has 6 nitrogen and oxygen atoms in total. The smallest absolute Gasteiger partial charge is 0.335 e. The summed E-state index contributed by atoms with van der Waals surface area (Å²) < 4.78 is 10.2. The van der Waals surface area contributed by atoms with Crippen LogP contribution < -0.4 is 0 Å². The maximum Gasteiger partial charge on any atom is 0.335 e. The number of carboxylic acids is 2. The SMILES string of the molecule is C=COCCCCc1c(C(=O)O)ccc(C(=O)O)c1CCCCOC=C.C=Cc1ccccc1C=C. The van der Waals surface area contributed by atoms with E-state index in [1.165, 1.54) is 24.7 Å². The van der Waals surface area contributed by atoms with E-state index >= 15 is 0 Å². The Kier molecular flexibility index (Phi) is 14.5. The van der Waals surface area contributed by atoms with Crippen molar-refractivity contribution in [3.05, 3.63) is 109 Å². The molecule has 0 saturated carbocycles. The molecule has 2 aromatic carbocycles. The maximum absolute atomic E-state index is 11.6. The fraction of sp³-hybridized carbons (Fsp3) is 0.267. The minimum atomic E-state index is -1.05. The molecule has 0 aliphatic heterocycles. The third kappa shape index (κ3) is 10.1. The second-order valence-electron chi connectivity index (χ2n) is 7.75. The van der Waals surface area contributed by atoms with Crippen molar-refractivity contribution in [2.24, 2.45) is 0 Å². The van der Waals surface area contributed by atoms with Gasteiger partial charge in [-0.1, -0.05) is 62.7 Å². The minimum Gasteiger partial charge on any atom is -0.502 e. The van der Waals surface area contributed by atoms with Gasteiger partial charge in [0.05, 0.1) is 36.9 Å². The predicted molar refractivity (Wildman–Crippen MR) is 145 cm³/mol. The van der Waals surface area contributed by atoms with E-state index in [-0.39, 0.29) is 11.1 Å². The molecule has 0 radical (unpaired) electrons. The molecule has 2 rings (SSSR count). The van der Waals surface area contributed by atoms with E-state index in [1.54, 1.807) is 0 Å². The summed E-state index contributed by atoms with van der Waals surface area (Å²) in [5.41, 5.74) is 3.80. The molecule has 0 spiro atoms. The molecule has 0 amide bonds. The summed E-state index contributed by atoms with van der Waals surface area (Å²) in [5.74, 6) is -2.09. The first-order valence-corrected chi connectivity index (χ1v) is 11.8. The quantitative estimate of drug-likeness (QED) is 0.193. The van der Waals surface area contributed by atoms with Gasteiger partial charge in [0.25, 0.3) is 0 Å². The van der Waals surface area contributed by atoms with Crippen LogP contribution in [0.5, 0.6) is 0 Å². The number of ether oxygens (including phenoxy) is 2. The highest BCUT2D eigenvalue weighted by Crippen LogP contribution is 2.24. The van der Waals surface area contributed by atoms with Crippen molar-refractivity contribution in [1.82, 2.24) is 0 Å². The zero-order valence-electron chi connectivity index (χ0n) is 20.8. The van der Waals surface area contributed by atoms with Gasteiger partial charge in [-0.2, -0.15) is 0 Å². The molecule has 2 aromatic rings. The van der Waals surface area contributed by atoms with Crippen LogP contribution in [0.4, 0.5) is 0 Å². The first-order valence-electron chi connectivity index (χ1n) is 11.8. The number of unbranched alkanes of at least 4 members (excludes halogenated alkanes) is 2. The summed E-state index contributed by atoms with van der Waals surface area (Å²) in [6.07, 6.45) is 10.2. The highest BCUT2D eigenvalue weighted by atomic mass is 16.5. The Balaban J connectivity index is 0.000000537. The molecule has 36 heavy (non-hydrogen) atoms. The van der Waals surface area contributed by atoms with Gasteiger partial charge >= 0.3 is 11.9 Å². The topological polar surface area (TPSA) is 93.1 Å². The normalized spacial score (nSPS) is 9.78. The molecule has 0 aliphatic rings. The van der Waals surface area contributed by atoms with Crippen LogP contribution in [0.25, 0.3) is 12.2 Å². The lowest BCUT2D eigenvalue weighted by Crippen LogP contribution is -2.12. The minimum absolute atomic E-state index is 0.164. The van der Waals surface area contributed by atoms with Crippen LogP contribution in [-0.2, 0) is 22.3 Å². The van der Waals surface area contributed by atoms with Gasteiger partial charge in [0, 0.05) is 0 Å². The summed E-state index contributed by atoms with van der Waals surface area (Å²) >= 11 is 0. The number of hydrogen-bond donors (Lipinski definition) is 2. The van der Waals surface area contributed by atoms with Crippen LogP contribution in [0.15, 0.2) is 75.2 Å². The largest absolute Gasteiger partial charge is 0.502 e. The summed E-state index contributed by atoms with van der Waals surface area (Å²) in [5, 5.41) is 19.0. The summed E-state index contributed by atoms with van der Waals surface area (Å²) in [6, 6.07) is 10.8. The molecule has 6 heteroatoms. The fourth-order valence-corrected chi connectivity index (χ4v) is 3.69. The lowest BCUT2D eigenvalue weighted by atomic mass is 9.89. The lowest BCUT2D eigenvalue weighted by molar-refractivity contribution is 0.0679. The molecule has 0 aromatic heterocycles. The number of benzene rings is 2. The van der Waals surface area contributed by atoms with Gasteiger partial charge < -0.3 is 19.7 Å². The van der Waals surface area contributed by atoms with Crippen molar-refractivity contribution >= 4 is 24.1 Å². The van der Waals surface area contributed by atoms with Gasteiger partial charge in [0.2, 0.25) is 0 Å². The zero-order chi connectivity index (χ0) is 26.8. The van der Waals surface area contributed by atoms with Crippen LogP contribution in [0.3, 0.4) is 0 Å². The fourth-order valence-electron chi connectivity index (χ4n) is 3.69. The van der Waals surface area contributed by atoms with E-state index in [0.717, 1.165) is 24.0 Å². The predicted octanol–water partition coefficient (Wildman–Crippen LogP) is 7.02. The number of hydrogen-bond acceptors (Lipinski definition) is 4. The van der Waals surface area contributed by atoms with Gasteiger partial charge in [0.1, 0.15) is 0 Å². The maximum atomic E-state index is 11.6. The van der Waals surface area contributed by atoms with Crippen molar-refractivity contribution < 1.29 is 29.3 Å². The third-order valence-electron chi connectivity index (χ3n) is 5.44. The highest BCUT2D eigenvalue weighted by Gasteiger charge is 2.20. The molecule has 0 unspecified atom stereocenters. The molecule has 0 fully saturated rings. The standard InChI is InChI=1S/C20H26O6.C10H10/c1-3-25-13-7-5-9-15-16(10-6-8-14-26-4-2)18(20(23)24)12-11-17(15)19(21)22;1-3-9-7-5-6-8-10(9)4-2/h3-4,11-12H,1-2,5-10,13-14H2,(H,21,22)(H,23,24);3-8H,1-2H2. The molecule has 0 atom stereocenters. The summed E-state index contributed by atoms with van der Waals surface area (Å²) in [7, 11) is 0. The highest BCUT2D eigenvalue weighted by molar-refractivity contribution is 5.95. The molecule has 0 heterocycles. The van der Waals surface area contributed by atoms with Crippen LogP contribution in [0.1, 0.15) is 68.7 Å². The van der Waals surface area contributed by atoms with Gasteiger partial charge in [-0.25, -0.2) is 9.59 Å². The molecular formula is C30H36O6. The summed E-state index contributed by atoms with van der Waals surface area (Å²) in [4.78, 5) is 23.2. The second kappa shape index (κ2) is 17.4. The molecule has 0 aliphatic carbocycles. The Labute approximate surface area is 213 Å². The van der Waals surface area contributed by atoms with Crippen LogP contribution in [0, 0.1) is 0 Å². The first-order chi connectivity index (χ1) is 17.4. The van der Waals surface area contributed by atoms with E-state index < -0.39 is 11.9 Å². The monoisotopic (exact) mass is 492 g/mol. The number of aromatic carboxylic acids is 2. The Morgan fingerprint density at radius 3 is 1.36 bits per heavy atom. The molecule has 2 N–H and O–H groups in total. The van der Waals surface area contributed by atoms with Crippen molar-refractivity contribution in [3.8, 4) is 0 Å². The van der Waals surface area contributed by atoms with Crippen LogP contribution in [0.2, 0.25) is 0 Å². The van der Waals surface area contributed by atoms with E-state index in [4.69, 9.17) is 9.47 Å². The molecule has 0 saturated heterocycles. The number of rotatable bonds is 16. The van der Waals surface area contributed by atoms with E-state index in [0.29, 0.717) is 50.0 Å². The Hall–Kier alpha value is -4.06. The molecule has 192 valence electrons. The van der Waals surface area contributed by atoms with Crippen molar-refractivity contribution in [2.45, 2.75) is 38.5 Å². The van der Waals surface area contributed by atoms with Crippen LogP contribution >= 0.6 is 0 Å². The van der Waals surface area contributed by atoms with Crippen molar-refractivity contribution in [1.29, 1.82) is 0 Å². The van der Waals surface area contributed by atoms with Gasteiger partial charge in [-0.05, 0) is 72.9 Å².